The zero-order chi connectivity index (χ0) is 8.60. The van der Waals surface area contributed by atoms with Crippen LogP contribution in [0.25, 0.3) is 0 Å². The van der Waals surface area contributed by atoms with E-state index in [0.717, 1.165) is 11.8 Å². The number of hydrogen-bond acceptors (Lipinski definition) is 1. The van der Waals surface area contributed by atoms with Crippen LogP contribution in [-0.2, 0) is 0 Å². The lowest BCUT2D eigenvalue weighted by atomic mass is 9.92. The van der Waals surface area contributed by atoms with Crippen LogP contribution in [0.15, 0.2) is 0 Å². The van der Waals surface area contributed by atoms with Gasteiger partial charge in [0.15, 0.2) is 0 Å². The minimum absolute atomic E-state index is 0.703. The Bertz CT molecular complexity index is 154. The highest BCUT2D eigenvalue weighted by molar-refractivity contribution is 4.97. The molecular formula is C11H21N. The minimum Gasteiger partial charge on any atom is -0.316 e. The Morgan fingerprint density at radius 3 is 2.42 bits per heavy atom. The van der Waals surface area contributed by atoms with E-state index in [4.69, 9.17) is 0 Å². The molecule has 70 valence electrons. The van der Waals surface area contributed by atoms with Crippen molar-refractivity contribution in [1.82, 2.24) is 5.32 Å². The summed E-state index contributed by atoms with van der Waals surface area (Å²) < 4.78 is 0. The van der Waals surface area contributed by atoms with Crippen molar-refractivity contribution in [2.75, 3.05) is 13.1 Å². The summed E-state index contributed by atoms with van der Waals surface area (Å²) in [4.78, 5) is 0. The van der Waals surface area contributed by atoms with Crippen LogP contribution in [0.3, 0.4) is 0 Å². The molecular weight excluding hydrogens is 146 g/mol. The molecule has 1 nitrogen and oxygen atoms in total. The monoisotopic (exact) mass is 167 g/mol. The van der Waals surface area contributed by atoms with Crippen molar-refractivity contribution >= 4 is 0 Å². The summed E-state index contributed by atoms with van der Waals surface area (Å²) in [5.41, 5.74) is 0.703. The molecule has 0 atom stereocenters. The van der Waals surface area contributed by atoms with Gasteiger partial charge in [-0.25, -0.2) is 0 Å². The van der Waals surface area contributed by atoms with E-state index in [1.165, 1.54) is 38.8 Å². The summed E-state index contributed by atoms with van der Waals surface area (Å²) in [5, 5.41) is 3.63. The van der Waals surface area contributed by atoms with Crippen LogP contribution in [0, 0.1) is 17.3 Å². The summed E-state index contributed by atoms with van der Waals surface area (Å²) in [6.07, 6.45) is 5.87. The van der Waals surface area contributed by atoms with Crippen LogP contribution in [0.4, 0.5) is 0 Å². The molecule has 0 unspecified atom stereocenters. The van der Waals surface area contributed by atoms with Gasteiger partial charge in [0.2, 0.25) is 0 Å². The maximum Gasteiger partial charge on any atom is 0.00104 e. The van der Waals surface area contributed by atoms with E-state index >= 15 is 0 Å². The first kappa shape index (κ1) is 8.55. The first-order valence-electron chi connectivity index (χ1n) is 5.44. The third-order valence-electron chi connectivity index (χ3n) is 3.72. The standard InChI is InChI=1S/C11H21N/c1-9(2)11(5-6-11)8-12-7-10-3-4-10/h9-10,12H,3-8H2,1-2H3. The van der Waals surface area contributed by atoms with E-state index < -0.39 is 0 Å². The molecule has 0 aromatic carbocycles. The van der Waals surface area contributed by atoms with Crippen LogP contribution < -0.4 is 5.32 Å². The average molecular weight is 167 g/mol. The number of hydrogen-bond donors (Lipinski definition) is 1. The van der Waals surface area contributed by atoms with Gasteiger partial charge in [0.05, 0.1) is 0 Å². The largest absolute Gasteiger partial charge is 0.316 e. The molecule has 0 saturated heterocycles. The smallest absolute Gasteiger partial charge is 0.00104 e. The maximum atomic E-state index is 3.63. The van der Waals surface area contributed by atoms with Crippen molar-refractivity contribution in [1.29, 1.82) is 0 Å². The highest BCUT2D eigenvalue weighted by atomic mass is 14.9. The predicted octanol–water partition coefficient (Wildman–Crippen LogP) is 2.42. The molecule has 2 saturated carbocycles. The normalized spacial score (nSPS) is 26.2. The molecule has 2 aliphatic rings. The van der Waals surface area contributed by atoms with E-state index in [0.29, 0.717) is 5.41 Å². The van der Waals surface area contributed by atoms with Crippen molar-refractivity contribution in [3.8, 4) is 0 Å². The second-order valence-corrected chi connectivity index (χ2v) is 5.09. The van der Waals surface area contributed by atoms with Crippen LogP contribution in [0.1, 0.15) is 39.5 Å². The van der Waals surface area contributed by atoms with Gasteiger partial charge < -0.3 is 5.32 Å². The van der Waals surface area contributed by atoms with E-state index in [1.807, 2.05) is 0 Å². The van der Waals surface area contributed by atoms with Crippen LogP contribution in [0.2, 0.25) is 0 Å². The fourth-order valence-electron chi connectivity index (χ4n) is 1.97. The van der Waals surface area contributed by atoms with Gasteiger partial charge in [0, 0.05) is 6.54 Å². The van der Waals surface area contributed by atoms with Gasteiger partial charge in [0.1, 0.15) is 0 Å². The first-order valence-corrected chi connectivity index (χ1v) is 5.44. The molecule has 0 heterocycles. The van der Waals surface area contributed by atoms with Crippen molar-refractivity contribution in [3.05, 3.63) is 0 Å². The first-order chi connectivity index (χ1) is 5.73. The molecule has 2 rings (SSSR count). The minimum atomic E-state index is 0.703. The average Bonchev–Trinajstić information content (AvgIpc) is 2.79. The topological polar surface area (TPSA) is 12.0 Å². The van der Waals surface area contributed by atoms with Gasteiger partial charge in [0.25, 0.3) is 0 Å². The molecule has 0 amide bonds. The van der Waals surface area contributed by atoms with Gasteiger partial charge in [-0.1, -0.05) is 13.8 Å². The maximum absolute atomic E-state index is 3.63. The Labute approximate surface area is 75.9 Å². The van der Waals surface area contributed by atoms with Gasteiger partial charge in [-0.2, -0.15) is 0 Å². The molecule has 0 bridgehead atoms. The molecule has 0 aliphatic heterocycles. The van der Waals surface area contributed by atoms with Crippen LogP contribution >= 0.6 is 0 Å². The molecule has 0 spiro atoms. The Morgan fingerprint density at radius 1 is 1.33 bits per heavy atom. The molecule has 0 aromatic rings. The van der Waals surface area contributed by atoms with Crippen LogP contribution in [0.5, 0.6) is 0 Å². The fraction of sp³-hybridized carbons (Fsp3) is 1.00. The van der Waals surface area contributed by atoms with Gasteiger partial charge >= 0.3 is 0 Å². The number of nitrogens with one attached hydrogen (secondary N) is 1. The highest BCUT2D eigenvalue weighted by Gasteiger charge is 2.44. The van der Waals surface area contributed by atoms with Gasteiger partial charge in [-0.3, -0.25) is 0 Å². The molecule has 0 aromatic heterocycles. The molecule has 1 heteroatoms. The Kier molecular flexibility index (Phi) is 2.16. The van der Waals surface area contributed by atoms with Gasteiger partial charge in [-0.05, 0) is 49.5 Å². The Morgan fingerprint density at radius 2 is 2.00 bits per heavy atom. The quantitative estimate of drug-likeness (QED) is 0.663. The lowest BCUT2D eigenvalue weighted by Crippen LogP contribution is -2.29. The van der Waals surface area contributed by atoms with E-state index in [2.05, 4.69) is 19.2 Å². The molecule has 0 radical (unpaired) electrons. The second kappa shape index (κ2) is 3.02. The Balaban J connectivity index is 1.64. The summed E-state index contributed by atoms with van der Waals surface area (Å²) in [6.45, 7) is 7.30. The van der Waals surface area contributed by atoms with E-state index in [-0.39, 0.29) is 0 Å². The third kappa shape index (κ3) is 1.82. The Hall–Kier alpha value is -0.0400. The third-order valence-corrected chi connectivity index (χ3v) is 3.72. The van der Waals surface area contributed by atoms with E-state index in [9.17, 15) is 0 Å². The van der Waals surface area contributed by atoms with Crippen molar-refractivity contribution < 1.29 is 0 Å². The predicted molar refractivity (Wildman–Crippen MR) is 52.1 cm³/mol. The van der Waals surface area contributed by atoms with Gasteiger partial charge in [-0.15, -0.1) is 0 Å². The zero-order valence-electron chi connectivity index (χ0n) is 8.40. The SMILES string of the molecule is CC(C)C1(CNCC2CC2)CC1. The lowest BCUT2D eigenvalue weighted by molar-refractivity contribution is 0.336. The summed E-state index contributed by atoms with van der Waals surface area (Å²) in [6, 6.07) is 0. The fourth-order valence-corrected chi connectivity index (χ4v) is 1.97. The summed E-state index contributed by atoms with van der Waals surface area (Å²) in [5.74, 6) is 1.91. The zero-order valence-corrected chi connectivity index (χ0v) is 8.40. The summed E-state index contributed by atoms with van der Waals surface area (Å²) in [7, 11) is 0. The molecule has 2 fully saturated rings. The molecule has 12 heavy (non-hydrogen) atoms. The van der Waals surface area contributed by atoms with Crippen molar-refractivity contribution in [2.24, 2.45) is 17.3 Å². The lowest BCUT2D eigenvalue weighted by Gasteiger charge is -2.19. The molecule has 2 aliphatic carbocycles. The van der Waals surface area contributed by atoms with Crippen molar-refractivity contribution in [3.63, 3.8) is 0 Å². The van der Waals surface area contributed by atoms with Crippen LogP contribution in [-0.4, -0.2) is 13.1 Å². The molecule has 1 N–H and O–H groups in total. The number of rotatable bonds is 5. The second-order valence-electron chi connectivity index (χ2n) is 5.09. The van der Waals surface area contributed by atoms with E-state index in [1.54, 1.807) is 0 Å². The summed E-state index contributed by atoms with van der Waals surface area (Å²) >= 11 is 0. The van der Waals surface area contributed by atoms with Crippen molar-refractivity contribution in [2.45, 2.75) is 39.5 Å². The highest BCUT2D eigenvalue weighted by Crippen LogP contribution is 2.51.